The third-order valence-electron chi connectivity index (χ3n) is 9.84. The molecular formula is C25H42N2O3+2. The molecule has 6 atom stereocenters. The van der Waals surface area contributed by atoms with Gasteiger partial charge in [0.05, 0.1) is 44.9 Å². The molecule has 0 bridgehead atoms. The second-order valence-corrected chi connectivity index (χ2v) is 11.2. The van der Waals surface area contributed by atoms with Gasteiger partial charge < -0.3 is 19.6 Å². The number of esters is 1. The average molecular weight is 419 g/mol. The molecule has 0 aromatic carbocycles. The van der Waals surface area contributed by atoms with Crippen molar-refractivity contribution in [3.63, 3.8) is 0 Å². The van der Waals surface area contributed by atoms with Gasteiger partial charge >= 0.3 is 5.97 Å². The fourth-order valence-corrected chi connectivity index (χ4v) is 7.66. The Morgan fingerprint density at radius 3 is 2.60 bits per heavy atom. The van der Waals surface area contributed by atoms with E-state index in [-0.39, 0.29) is 29.3 Å². The number of aliphatic hydroxyl groups excluding tert-OH is 1. The number of hydrogen-bond donors (Lipinski definition) is 3. The molecule has 3 aliphatic heterocycles. The topological polar surface area (TPSA) is 55.4 Å². The van der Waals surface area contributed by atoms with Crippen LogP contribution in [0.15, 0.2) is 11.6 Å². The van der Waals surface area contributed by atoms with E-state index >= 15 is 0 Å². The van der Waals surface area contributed by atoms with Crippen LogP contribution < -0.4 is 9.80 Å². The normalized spacial score (nSPS) is 47.2. The lowest BCUT2D eigenvalue weighted by Crippen LogP contribution is -3.21. The number of carbonyl (C=O) groups is 1. The summed E-state index contributed by atoms with van der Waals surface area (Å²) < 4.78 is 5.88. The zero-order valence-corrected chi connectivity index (χ0v) is 19.0. The van der Waals surface area contributed by atoms with Gasteiger partial charge in [-0.2, -0.15) is 0 Å². The molecule has 4 fully saturated rings. The highest BCUT2D eigenvalue weighted by atomic mass is 16.6. The Morgan fingerprint density at radius 1 is 1.13 bits per heavy atom. The third kappa shape index (κ3) is 3.45. The summed E-state index contributed by atoms with van der Waals surface area (Å²) in [6.45, 7) is 10.4. The van der Waals surface area contributed by atoms with Crippen LogP contribution in [0, 0.1) is 23.2 Å². The van der Waals surface area contributed by atoms with E-state index in [0.29, 0.717) is 5.92 Å². The maximum absolute atomic E-state index is 12.9. The van der Waals surface area contributed by atoms with Crippen molar-refractivity contribution in [2.45, 2.75) is 83.5 Å². The molecule has 168 valence electrons. The molecule has 3 saturated heterocycles. The minimum absolute atomic E-state index is 0.0295. The van der Waals surface area contributed by atoms with Crippen molar-refractivity contribution >= 4 is 5.97 Å². The maximum atomic E-state index is 12.9. The molecule has 5 nitrogen and oxygen atoms in total. The van der Waals surface area contributed by atoms with Gasteiger partial charge in [0.1, 0.15) is 12.0 Å². The summed E-state index contributed by atoms with van der Waals surface area (Å²) >= 11 is 0. The Hall–Kier alpha value is -0.910. The fourth-order valence-electron chi connectivity index (χ4n) is 7.66. The minimum atomic E-state index is -0.469. The summed E-state index contributed by atoms with van der Waals surface area (Å²) in [4.78, 5) is 16.3. The van der Waals surface area contributed by atoms with E-state index in [2.05, 4.69) is 19.9 Å². The van der Waals surface area contributed by atoms with E-state index in [1.807, 2.05) is 4.90 Å². The molecule has 0 spiro atoms. The summed E-state index contributed by atoms with van der Waals surface area (Å²) in [5, 5.41) is 11.5. The van der Waals surface area contributed by atoms with E-state index < -0.39 is 6.10 Å². The van der Waals surface area contributed by atoms with Crippen LogP contribution in [0.3, 0.4) is 0 Å². The molecule has 0 aromatic rings. The van der Waals surface area contributed by atoms with Gasteiger partial charge in [-0.25, -0.2) is 0 Å². The first-order chi connectivity index (χ1) is 14.5. The Balaban J connectivity index is 1.25. The van der Waals surface area contributed by atoms with Crippen LogP contribution in [-0.2, 0) is 9.53 Å². The maximum Gasteiger partial charge on any atom is 0.315 e. The number of allylic oxidation sites excluding steroid dienone is 1. The number of carbonyl (C=O) groups excluding carboxylic acids is 1. The summed E-state index contributed by atoms with van der Waals surface area (Å²) in [7, 11) is 0. The van der Waals surface area contributed by atoms with Crippen molar-refractivity contribution in [3.8, 4) is 0 Å². The van der Waals surface area contributed by atoms with Gasteiger partial charge in [0, 0.05) is 30.6 Å². The number of piperidine rings is 2. The van der Waals surface area contributed by atoms with Crippen LogP contribution in [0.5, 0.6) is 0 Å². The van der Waals surface area contributed by atoms with Crippen LogP contribution in [0.1, 0.15) is 65.2 Å². The Kier molecular flexibility index (Phi) is 5.74. The number of nitrogens with one attached hydrogen (secondary N) is 2. The second kappa shape index (κ2) is 8.22. The smallest absolute Gasteiger partial charge is 0.315 e. The minimum Gasteiger partial charge on any atom is -0.461 e. The molecule has 0 unspecified atom stereocenters. The van der Waals surface area contributed by atoms with E-state index in [1.54, 1.807) is 4.90 Å². The summed E-state index contributed by atoms with van der Waals surface area (Å²) in [6.07, 6.45) is 11.6. The van der Waals surface area contributed by atoms with Crippen LogP contribution >= 0.6 is 0 Å². The predicted molar refractivity (Wildman–Crippen MR) is 115 cm³/mol. The molecule has 5 heteroatoms. The van der Waals surface area contributed by atoms with Gasteiger partial charge in [0.2, 0.25) is 0 Å². The monoisotopic (exact) mass is 418 g/mol. The van der Waals surface area contributed by atoms with Gasteiger partial charge in [0.25, 0.3) is 0 Å². The van der Waals surface area contributed by atoms with Gasteiger partial charge in [-0.1, -0.05) is 25.5 Å². The molecule has 3 N–H and O–H groups in total. The van der Waals surface area contributed by atoms with Gasteiger partial charge in [-0.3, -0.25) is 4.79 Å². The molecule has 5 rings (SSSR count). The van der Waals surface area contributed by atoms with Crippen molar-refractivity contribution < 1.29 is 24.4 Å². The average Bonchev–Trinajstić information content (AvgIpc) is 3.07. The molecule has 0 amide bonds. The van der Waals surface area contributed by atoms with Gasteiger partial charge in [0.15, 0.2) is 0 Å². The first-order valence-electron chi connectivity index (χ1n) is 12.7. The van der Waals surface area contributed by atoms with Crippen molar-refractivity contribution in [3.05, 3.63) is 11.6 Å². The largest absolute Gasteiger partial charge is 0.461 e. The van der Waals surface area contributed by atoms with E-state index in [9.17, 15) is 9.90 Å². The number of rotatable bonds is 3. The standard InChI is InChI=1S/C25H40N2O3/c1-17-7-6-8-18-15-21-22(23(28)25(17,18)2)20(24(29)30-21)16-26-13-9-19(10-14-26)27-11-4-3-5-12-27/h8,17,19-23,28H,3-7,9-16H2,1-2H3/p+2/t17-,20+,21-,22-,23-,25-/m1/s1. The van der Waals surface area contributed by atoms with Crippen molar-refractivity contribution in [1.29, 1.82) is 0 Å². The lowest BCUT2D eigenvalue weighted by Gasteiger charge is -2.51. The summed E-state index contributed by atoms with van der Waals surface area (Å²) in [6, 6.07) is 0.826. The number of hydrogen-bond acceptors (Lipinski definition) is 3. The first-order valence-corrected chi connectivity index (χ1v) is 12.7. The van der Waals surface area contributed by atoms with E-state index in [1.165, 1.54) is 63.9 Å². The number of likely N-dealkylation sites (tertiary alicyclic amines) is 2. The summed E-state index contributed by atoms with van der Waals surface area (Å²) in [5.41, 5.74) is 1.15. The predicted octanol–water partition coefficient (Wildman–Crippen LogP) is 0.388. The van der Waals surface area contributed by atoms with Gasteiger partial charge in [-0.05, 0) is 38.0 Å². The quantitative estimate of drug-likeness (QED) is 0.459. The van der Waals surface area contributed by atoms with Crippen LogP contribution in [-0.4, -0.2) is 62.0 Å². The molecular weight excluding hydrogens is 376 g/mol. The zero-order valence-electron chi connectivity index (χ0n) is 19.0. The molecule has 0 aromatic heterocycles. The molecule has 30 heavy (non-hydrogen) atoms. The highest BCUT2D eigenvalue weighted by Gasteiger charge is 2.60. The third-order valence-corrected chi connectivity index (χ3v) is 9.84. The lowest BCUT2D eigenvalue weighted by atomic mass is 9.55. The molecule has 3 heterocycles. The van der Waals surface area contributed by atoms with E-state index in [0.717, 1.165) is 31.8 Å². The number of ether oxygens (including phenoxy) is 1. The lowest BCUT2D eigenvalue weighted by molar-refractivity contribution is -0.961. The Bertz CT molecular complexity index is 680. The molecule has 5 aliphatic rings. The number of aliphatic hydroxyl groups is 1. The Morgan fingerprint density at radius 2 is 1.87 bits per heavy atom. The highest BCUT2D eigenvalue weighted by molar-refractivity contribution is 5.76. The molecule has 0 radical (unpaired) electrons. The summed E-state index contributed by atoms with van der Waals surface area (Å²) in [5.74, 6) is 0.251. The van der Waals surface area contributed by atoms with Gasteiger partial charge in [-0.15, -0.1) is 0 Å². The fraction of sp³-hybridized carbons (Fsp3) is 0.880. The molecule has 2 aliphatic carbocycles. The van der Waals surface area contributed by atoms with Crippen LogP contribution in [0.4, 0.5) is 0 Å². The van der Waals surface area contributed by atoms with Crippen LogP contribution in [0.25, 0.3) is 0 Å². The zero-order chi connectivity index (χ0) is 20.9. The molecule has 1 saturated carbocycles. The Labute approximate surface area is 181 Å². The van der Waals surface area contributed by atoms with E-state index in [4.69, 9.17) is 4.74 Å². The van der Waals surface area contributed by atoms with Crippen LogP contribution in [0.2, 0.25) is 0 Å². The highest BCUT2D eigenvalue weighted by Crippen LogP contribution is 2.55. The second-order valence-electron chi connectivity index (χ2n) is 11.2. The van der Waals surface area contributed by atoms with Crippen molar-refractivity contribution in [1.82, 2.24) is 0 Å². The number of quaternary nitrogens is 2. The SMILES string of the molecule is C[C@@H]1CCC=C2C[C@H]3OC(=O)[C@@H](C[NH+]4CCC([NH+]5CCCCC5)CC4)[C@H]3[C@@H](O)[C@@]21C. The van der Waals surface area contributed by atoms with Crippen molar-refractivity contribution in [2.75, 3.05) is 32.7 Å². The first kappa shape index (κ1) is 21.0. The number of fused-ring (bicyclic) bond motifs is 2. The van der Waals surface area contributed by atoms with Crippen molar-refractivity contribution in [2.24, 2.45) is 23.2 Å².